The van der Waals surface area contributed by atoms with E-state index in [1.807, 2.05) is 0 Å². The van der Waals surface area contributed by atoms with Gasteiger partial charge in [-0.1, -0.05) is 20.3 Å². The molecule has 2 N–H and O–H groups in total. The van der Waals surface area contributed by atoms with E-state index in [4.69, 9.17) is 5.73 Å². The highest BCUT2D eigenvalue weighted by molar-refractivity contribution is 9.10. The Kier molecular flexibility index (Phi) is 5.68. The van der Waals surface area contributed by atoms with Gasteiger partial charge in [0, 0.05) is 18.8 Å². The number of hydrogen-bond acceptors (Lipinski definition) is 4. The van der Waals surface area contributed by atoms with Crippen LogP contribution in [0, 0.1) is 0 Å². The molecule has 0 aliphatic rings. The van der Waals surface area contributed by atoms with E-state index in [0.717, 1.165) is 29.7 Å². The van der Waals surface area contributed by atoms with Gasteiger partial charge in [0.2, 0.25) is 5.95 Å². The van der Waals surface area contributed by atoms with E-state index in [-0.39, 0.29) is 0 Å². The maximum Gasteiger partial charge on any atom is 0.222 e. The molecule has 0 aliphatic heterocycles. The van der Waals surface area contributed by atoms with Gasteiger partial charge in [0.15, 0.2) is 0 Å². The maximum atomic E-state index is 5.67. The van der Waals surface area contributed by atoms with Gasteiger partial charge in [-0.25, -0.2) is 4.98 Å². The number of nitrogens with zero attached hydrogens (tertiary/aromatic N) is 3. The molecule has 1 rings (SSSR count). The van der Waals surface area contributed by atoms with Crippen LogP contribution in [0.15, 0.2) is 10.7 Å². The number of halogens is 1. The van der Waals surface area contributed by atoms with Gasteiger partial charge in [0.05, 0.1) is 4.47 Å². The van der Waals surface area contributed by atoms with Crippen molar-refractivity contribution in [2.75, 3.05) is 17.2 Å². The summed E-state index contributed by atoms with van der Waals surface area (Å²) in [6, 6.07) is 0.451. The molecule has 0 bridgehead atoms. The zero-order chi connectivity index (χ0) is 12.8. The van der Waals surface area contributed by atoms with Gasteiger partial charge in [-0.3, -0.25) is 0 Å². The molecule has 1 aromatic heterocycles. The number of rotatable bonds is 6. The highest BCUT2D eigenvalue weighted by Crippen LogP contribution is 2.26. The molecule has 0 amide bonds. The van der Waals surface area contributed by atoms with Gasteiger partial charge in [-0.05, 0) is 35.7 Å². The lowest BCUT2D eigenvalue weighted by molar-refractivity contribution is 0.588. The average Bonchev–Trinajstić information content (AvgIpc) is 2.33. The first-order chi connectivity index (χ1) is 8.10. The smallest absolute Gasteiger partial charge is 0.222 e. The number of unbranched alkanes of at least 4 members (excludes halogenated alkanes) is 1. The first kappa shape index (κ1) is 14.2. The summed E-state index contributed by atoms with van der Waals surface area (Å²) in [5.41, 5.74) is 5.67. The van der Waals surface area contributed by atoms with Crippen LogP contribution in [0.1, 0.15) is 40.0 Å². The summed E-state index contributed by atoms with van der Waals surface area (Å²) in [7, 11) is 0. The van der Waals surface area contributed by atoms with Crippen molar-refractivity contribution in [3.63, 3.8) is 0 Å². The zero-order valence-corrected chi connectivity index (χ0v) is 12.4. The Balaban J connectivity index is 2.98. The normalized spacial score (nSPS) is 12.5. The molecule has 1 heterocycles. The van der Waals surface area contributed by atoms with Crippen LogP contribution in [0.5, 0.6) is 0 Å². The van der Waals surface area contributed by atoms with E-state index in [2.05, 4.69) is 51.6 Å². The minimum absolute atomic E-state index is 0.327. The number of hydrogen-bond donors (Lipinski definition) is 1. The molecule has 0 saturated heterocycles. The molecular weight excluding hydrogens is 280 g/mol. The molecule has 0 saturated carbocycles. The standard InChI is InChI=1S/C12H21BrN4/c1-4-6-7-17(9(3)5-2)11-10(13)8-15-12(14)16-11/h8-9H,4-7H2,1-3H3,(H2,14,15,16). The molecule has 0 radical (unpaired) electrons. The van der Waals surface area contributed by atoms with E-state index in [0.29, 0.717) is 12.0 Å². The van der Waals surface area contributed by atoms with Gasteiger partial charge in [0.1, 0.15) is 5.82 Å². The summed E-state index contributed by atoms with van der Waals surface area (Å²) >= 11 is 3.50. The molecule has 0 aromatic carbocycles. The van der Waals surface area contributed by atoms with Gasteiger partial charge in [0.25, 0.3) is 0 Å². The van der Waals surface area contributed by atoms with Crippen molar-refractivity contribution in [3.05, 3.63) is 10.7 Å². The first-order valence-corrected chi connectivity index (χ1v) is 6.94. The van der Waals surface area contributed by atoms with Crippen molar-refractivity contribution in [1.29, 1.82) is 0 Å². The number of nitrogen functional groups attached to an aromatic ring is 1. The largest absolute Gasteiger partial charge is 0.368 e. The number of nitrogens with two attached hydrogens (primary N) is 1. The minimum atomic E-state index is 0.327. The fourth-order valence-corrected chi connectivity index (χ4v) is 2.08. The predicted octanol–water partition coefficient (Wildman–Crippen LogP) is 3.23. The SMILES string of the molecule is CCCCN(c1nc(N)ncc1Br)C(C)CC. The Morgan fingerprint density at radius 2 is 2.18 bits per heavy atom. The molecule has 96 valence electrons. The van der Waals surface area contributed by atoms with Crippen molar-refractivity contribution in [3.8, 4) is 0 Å². The van der Waals surface area contributed by atoms with E-state index in [9.17, 15) is 0 Å². The van der Waals surface area contributed by atoms with Crippen LogP contribution in [-0.4, -0.2) is 22.6 Å². The Bertz CT molecular complexity index is 356. The third-order valence-electron chi connectivity index (χ3n) is 2.89. The average molecular weight is 301 g/mol. The monoisotopic (exact) mass is 300 g/mol. The van der Waals surface area contributed by atoms with E-state index in [1.165, 1.54) is 6.42 Å². The highest BCUT2D eigenvalue weighted by Gasteiger charge is 2.17. The van der Waals surface area contributed by atoms with Gasteiger partial charge < -0.3 is 10.6 Å². The second-order valence-corrected chi connectivity index (χ2v) is 5.06. The van der Waals surface area contributed by atoms with E-state index < -0.39 is 0 Å². The van der Waals surface area contributed by atoms with Crippen LogP contribution in [0.3, 0.4) is 0 Å². The van der Waals surface area contributed by atoms with Gasteiger partial charge >= 0.3 is 0 Å². The molecule has 17 heavy (non-hydrogen) atoms. The highest BCUT2D eigenvalue weighted by atomic mass is 79.9. The van der Waals surface area contributed by atoms with Crippen LogP contribution in [-0.2, 0) is 0 Å². The first-order valence-electron chi connectivity index (χ1n) is 6.14. The van der Waals surface area contributed by atoms with Crippen molar-refractivity contribution in [2.45, 2.75) is 46.1 Å². The summed E-state index contributed by atoms with van der Waals surface area (Å²) < 4.78 is 0.906. The Labute approximate surface area is 112 Å². The maximum absolute atomic E-state index is 5.67. The summed E-state index contributed by atoms with van der Waals surface area (Å²) in [5.74, 6) is 1.23. The molecule has 1 unspecified atom stereocenters. The minimum Gasteiger partial charge on any atom is -0.368 e. The molecule has 5 heteroatoms. The van der Waals surface area contributed by atoms with Crippen LogP contribution < -0.4 is 10.6 Å². The lowest BCUT2D eigenvalue weighted by Gasteiger charge is -2.30. The molecular formula is C12H21BrN4. The summed E-state index contributed by atoms with van der Waals surface area (Å²) in [5, 5.41) is 0. The van der Waals surface area contributed by atoms with Crippen LogP contribution >= 0.6 is 15.9 Å². The van der Waals surface area contributed by atoms with Crippen molar-refractivity contribution in [1.82, 2.24) is 9.97 Å². The van der Waals surface area contributed by atoms with Crippen molar-refractivity contribution in [2.24, 2.45) is 0 Å². The van der Waals surface area contributed by atoms with Gasteiger partial charge in [-0.15, -0.1) is 0 Å². The third kappa shape index (κ3) is 3.84. The Hall–Kier alpha value is -0.840. The summed E-state index contributed by atoms with van der Waals surface area (Å²) in [6.07, 6.45) is 5.13. The molecule has 1 aromatic rings. The predicted molar refractivity (Wildman–Crippen MR) is 76.2 cm³/mol. The Morgan fingerprint density at radius 1 is 1.47 bits per heavy atom. The van der Waals surface area contributed by atoms with Crippen LogP contribution in [0.4, 0.5) is 11.8 Å². The summed E-state index contributed by atoms with van der Waals surface area (Å²) in [4.78, 5) is 10.6. The number of aromatic nitrogens is 2. The lowest BCUT2D eigenvalue weighted by atomic mass is 10.2. The fraction of sp³-hybridized carbons (Fsp3) is 0.667. The fourth-order valence-electron chi connectivity index (χ4n) is 1.66. The molecule has 0 fully saturated rings. The van der Waals surface area contributed by atoms with E-state index in [1.54, 1.807) is 6.20 Å². The van der Waals surface area contributed by atoms with Crippen molar-refractivity contribution >= 4 is 27.7 Å². The topological polar surface area (TPSA) is 55.0 Å². The molecule has 1 atom stereocenters. The quantitative estimate of drug-likeness (QED) is 0.876. The van der Waals surface area contributed by atoms with Crippen molar-refractivity contribution < 1.29 is 0 Å². The lowest BCUT2D eigenvalue weighted by Crippen LogP contribution is -2.34. The second kappa shape index (κ2) is 6.79. The second-order valence-electron chi connectivity index (χ2n) is 4.20. The molecule has 4 nitrogen and oxygen atoms in total. The van der Waals surface area contributed by atoms with Crippen LogP contribution in [0.2, 0.25) is 0 Å². The Morgan fingerprint density at radius 3 is 2.76 bits per heavy atom. The number of anilines is 2. The third-order valence-corrected chi connectivity index (χ3v) is 3.45. The molecule has 0 spiro atoms. The van der Waals surface area contributed by atoms with E-state index >= 15 is 0 Å². The van der Waals surface area contributed by atoms with Crippen LogP contribution in [0.25, 0.3) is 0 Å². The molecule has 0 aliphatic carbocycles. The zero-order valence-electron chi connectivity index (χ0n) is 10.8. The summed E-state index contributed by atoms with van der Waals surface area (Å²) in [6.45, 7) is 7.58. The van der Waals surface area contributed by atoms with Gasteiger partial charge in [-0.2, -0.15) is 4.98 Å².